The number of amides is 3. The van der Waals surface area contributed by atoms with E-state index >= 15 is 0 Å². The maximum Gasteiger partial charge on any atom is 0.248 e. The van der Waals surface area contributed by atoms with Crippen molar-refractivity contribution in [2.24, 2.45) is 5.92 Å². The van der Waals surface area contributed by atoms with Crippen LogP contribution in [0.3, 0.4) is 0 Å². The lowest BCUT2D eigenvalue weighted by Crippen LogP contribution is -2.46. The van der Waals surface area contributed by atoms with Crippen molar-refractivity contribution in [1.29, 1.82) is 0 Å². The molecule has 7 nitrogen and oxygen atoms in total. The number of hydrogen-bond donors (Lipinski definition) is 1. The van der Waals surface area contributed by atoms with Crippen molar-refractivity contribution < 1.29 is 19.1 Å². The molecule has 3 amide bonds. The monoisotopic (exact) mass is 325 g/mol. The lowest BCUT2D eigenvalue weighted by atomic mass is 9.95. The predicted molar refractivity (Wildman–Crippen MR) is 84.6 cm³/mol. The van der Waals surface area contributed by atoms with Crippen LogP contribution in [0.25, 0.3) is 0 Å². The van der Waals surface area contributed by atoms with E-state index in [0.717, 1.165) is 0 Å². The van der Waals surface area contributed by atoms with Crippen LogP contribution in [0.2, 0.25) is 0 Å². The molecule has 0 aromatic rings. The predicted octanol–water partition coefficient (Wildman–Crippen LogP) is -0.00150. The van der Waals surface area contributed by atoms with Crippen LogP contribution >= 0.6 is 0 Å². The van der Waals surface area contributed by atoms with Crippen molar-refractivity contribution in [2.75, 3.05) is 39.4 Å². The standard InChI is InChI=1S/C16H27N3O4/c1-3-18-10-13(9-14(18)20)17-16(22)12-5-7-19(8-6-12)15(21)11-23-4-2/h12-13H,3-11H2,1-2H3,(H,17,22). The molecule has 0 aliphatic carbocycles. The largest absolute Gasteiger partial charge is 0.372 e. The Kier molecular flexibility index (Phi) is 6.38. The Bertz CT molecular complexity index is 447. The van der Waals surface area contributed by atoms with E-state index in [0.29, 0.717) is 52.0 Å². The van der Waals surface area contributed by atoms with Gasteiger partial charge in [-0.15, -0.1) is 0 Å². The number of likely N-dealkylation sites (tertiary alicyclic amines) is 2. The first-order chi connectivity index (χ1) is 11.0. The Morgan fingerprint density at radius 3 is 2.52 bits per heavy atom. The molecule has 1 N–H and O–H groups in total. The van der Waals surface area contributed by atoms with Crippen molar-refractivity contribution in [2.45, 2.75) is 39.2 Å². The van der Waals surface area contributed by atoms with E-state index in [1.54, 1.807) is 9.80 Å². The third kappa shape index (κ3) is 4.67. The molecule has 0 spiro atoms. The summed E-state index contributed by atoms with van der Waals surface area (Å²) in [4.78, 5) is 39.4. The summed E-state index contributed by atoms with van der Waals surface area (Å²) >= 11 is 0. The van der Waals surface area contributed by atoms with E-state index in [9.17, 15) is 14.4 Å². The molecule has 2 heterocycles. The van der Waals surface area contributed by atoms with Crippen LogP contribution in [0, 0.1) is 5.92 Å². The quantitative estimate of drug-likeness (QED) is 0.745. The Morgan fingerprint density at radius 2 is 1.96 bits per heavy atom. The number of carbonyl (C=O) groups excluding carboxylic acids is 3. The third-order valence-electron chi connectivity index (χ3n) is 4.59. The third-order valence-corrected chi connectivity index (χ3v) is 4.59. The Labute approximate surface area is 137 Å². The highest BCUT2D eigenvalue weighted by Gasteiger charge is 2.32. The molecule has 2 saturated heterocycles. The maximum atomic E-state index is 12.3. The Balaban J connectivity index is 1.74. The van der Waals surface area contributed by atoms with Crippen LogP contribution in [-0.2, 0) is 19.1 Å². The van der Waals surface area contributed by atoms with Gasteiger partial charge in [-0.3, -0.25) is 14.4 Å². The molecule has 1 atom stereocenters. The minimum Gasteiger partial charge on any atom is -0.372 e. The van der Waals surface area contributed by atoms with Gasteiger partial charge in [0.2, 0.25) is 17.7 Å². The molecule has 0 aromatic carbocycles. The van der Waals surface area contributed by atoms with Gasteiger partial charge in [0.1, 0.15) is 6.61 Å². The fraction of sp³-hybridized carbons (Fsp3) is 0.812. The molecule has 0 bridgehead atoms. The van der Waals surface area contributed by atoms with Gasteiger partial charge in [0.25, 0.3) is 0 Å². The lowest BCUT2D eigenvalue weighted by Gasteiger charge is -2.31. The zero-order valence-corrected chi connectivity index (χ0v) is 14.0. The fourth-order valence-corrected chi connectivity index (χ4v) is 3.17. The van der Waals surface area contributed by atoms with Crippen LogP contribution in [0.1, 0.15) is 33.1 Å². The highest BCUT2D eigenvalue weighted by molar-refractivity contribution is 5.83. The summed E-state index contributed by atoms with van der Waals surface area (Å²) in [6, 6.07) is -0.0763. The van der Waals surface area contributed by atoms with E-state index in [1.807, 2.05) is 13.8 Å². The molecular weight excluding hydrogens is 298 g/mol. The van der Waals surface area contributed by atoms with Gasteiger partial charge >= 0.3 is 0 Å². The molecule has 2 fully saturated rings. The normalized spacial score (nSPS) is 22.5. The average molecular weight is 325 g/mol. The second kappa shape index (κ2) is 8.29. The van der Waals surface area contributed by atoms with Crippen molar-refractivity contribution in [1.82, 2.24) is 15.1 Å². The van der Waals surface area contributed by atoms with E-state index in [-0.39, 0.29) is 36.3 Å². The summed E-state index contributed by atoms with van der Waals surface area (Å²) in [5, 5.41) is 2.99. The van der Waals surface area contributed by atoms with Gasteiger partial charge in [-0.05, 0) is 26.7 Å². The molecule has 1 unspecified atom stereocenters. The molecule has 2 aliphatic rings. The zero-order valence-electron chi connectivity index (χ0n) is 14.0. The number of carbonyl (C=O) groups is 3. The zero-order chi connectivity index (χ0) is 16.8. The molecule has 2 rings (SSSR count). The molecule has 0 aromatic heterocycles. The van der Waals surface area contributed by atoms with Crippen LogP contribution in [0.4, 0.5) is 0 Å². The maximum absolute atomic E-state index is 12.3. The summed E-state index contributed by atoms with van der Waals surface area (Å²) in [5.74, 6) is 0.0365. The number of nitrogens with one attached hydrogen (secondary N) is 1. The molecular formula is C16H27N3O4. The number of ether oxygens (including phenoxy) is 1. The van der Waals surface area contributed by atoms with E-state index in [1.165, 1.54) is 0 Å². The summed E-state index contributed by atoms with van der Waals surface area (Å²) in [7, 11) is 0. The van der Waals surface area contributed by atoms with Crippen molar-refractivity contribution >= 4 is 17.7 Å². The first-order valence-electron chi connectivity index (χ1n) is 8.48. The number of rotatable bonds is 6. The van der Waals surface area contributed by atoms with E-state index < -0.39 is 0 Å². The van der Waals surface area contributed by atoms with Gasteiger partial charge in [0.15, 0.2) is 0 Å². The minimum atomic E-state index is -0.0763. The average Bonchev–Trinajstić information content (AvgIpc) is 2.92. The van der Waals surface area contributed by atoms with Crippen molar-refractivity contribution in [3.8, 4) is 0 Å². The molecule has 130 valence electrons. The van der Waals surface area contributed by atoms with Gasteiger partial charge in [0, 0.05) is 45.1 Å². The summed E-state index contributed by atoms with van der Waals surface area (Å²) < 4.78 is 5.14. The fourth-order valence-electron chi connectivity index (χ4n) is 3.17. The van der Waals surface area contributed by atoms with E-state index in [2.05, 4.69) is 5.32 Å². The molecule has 7 heteroatoms. The number of nitrogens with zero attached hydrogens (tertiary/aromatic N) is 2. The minimum absolute atomic E-state index is 0.00862. The smallest absolute Gasteiger partial charge is 0.248 e. The Morgan fingerprint density at radius 1 is 1.26 bits per heavy atom. The second-order valence-corrected chi connectivity index (χ2v) is 6.13. The SMILES string of the molecule is CCOCC(=O)N1CCC(C(=O)NC2CC(=O)N(CC)C2)CC1. The Hall–Kier alpha value is -1.63. The van der Waals surface area contributed by atoms with Crippen LogP contribution in [0.15, 0.2) is 0 Å². The van der Waals surface area contributed by atoms with Crippen LogP contribution < -0.4 is 5.32 Å². The summed E-state index contributed by atoms with van der Waals surface area (Å²) in [6.07, 6.45) is 1.73. The second-order valence-electron chi connectivity index (χ2n) is 6.13. The molecule has 2 aliphatic heterocycles. The first kappa shape index (κ1) is 17.7. The van der Waals surface area contributed by atoms with E-state index in [4.69, 9.17) is 4.74 Å². The summed E-state index contributed by atoms with van der Waals surface area (Å²) in [5.41, 5.74) is 0. The van der Waals surface area contributed by atoms with Gasteiger partial charge in [-0.1, -0.05) is 0 Å². The van der Waals surface area contributed by atoms with Crippen LogP contribution in [0.5, 0.6) is 0 Å². The number of likely N-dealkylation sites (N-methyl/N-ethyl adjacent to an activating group) is 1. The lowest BCUT2D eigenvalue weighted by molar-refractivity contribution is -0.139. The summed E-state index contributed by atoms with van der Waals surface area (Å²) in [6.45, 7) is 6.92. The van der Waals surface area contributed by atoms with Crippen molar-refractivity contribution in [3.63, 3.8) is 0 Å². The molecule has 0 saturated carbocycles. The van der Waals surface area contributed by atoms with Gasteiger partial charge in [0.05, 0.1) is 6.04 Å². The van der Waals surface area contributed by atoms with Gasteiger partial charge in [-0.2, -0.15) is 0 Å². The van der Waals surface area contributed by atoms with Gasteiger partial charge in [-0.25, -0.2) is 0 Å². The topological polar surface area (TPSA) is 79.0 Å². The number of piperidine rings is 1. The van der Waals surface area contributed by atoms with Gasteiger partial charge < -0.3 is 19.9 Å². The molecule has 0 radical (unpaired) electrons. The van der Waals surface area contributed by atoms with Crippen molar-refractivity contribution in [3.05, 3.63) is 0 Å². The van der Waals surface area contributed by atoms with Crippen LogP contribution in [-0.4, -0.2) is 73.0 Å². The highest BCUT2D eigenvalue weighted by Crippen LogP contribution is 2.19. The first-order valence-corrected chi connectivity index (χ1v) is 8.48. The molecule has 23 heavy (non-hydrogen) atoms. The number of hydrogen-bond acceptors (Lipinski definition) is 4. The highest BCUT2D eigenvalue weighted by atomic mass is 16.5.